The third kappa shape index (κ3) is 3.16. The van der Waals surface area contributed by atoms with Gasteiger partial charge in [-0.1, -0.05) is 48.9 Å². The third-order valence-corrected chi connectivity index (χ3v) is 4.23. The summed E-state index contributed by atoms with van der Waals surface area (Å²) in [6, 6.07) is 12.2. The second-order valence-electron chi connectivity index (χ2n) is 4.16. The molecule has 19 heavy (non-hydrogen) atoms. The maximum atomic E-state index is 14.0. The number of hydrogen-bond acceptors (Lipinski definition) is 1. The smallest absolute Gasteiger partial charge is 0.128 e. The first-order chi connectivity index (χ1) is 9.15. The van der Waals surface area contributed by atoms with E-state index >= 15 is 0 Å². The Morgan fingerprint density at radius 3 is 2.53 bits per heavy atom. The van der Waals surface area contributed by atoms with Crippen LogP contribution in [0.4, 0.5) is 4.39 Å². The van der Waals surface area contributed by atoms with Crippen molar-refractivity contribution >= 4 is 27.5 Å². The molecule has 0 aromatic heterocycles. The molecule has 1 unspecified atom stereocenters. The molecule has 0 radical (unpaired) electrons. The Balaban J connectivity index is 2.52. The molecule has 2 aromatic rings. The molecule has 0 spiro atoms. The van der Waals surface area contributed by atoms with Gasteiger partial charge in [0.2, 0.25) is 0 Å². The van der Waals surface area contributed by atoms with Crippen LogP contribution >= 0.6 is 27.5 Å². The van der Waals surface area contributed by atoms with Crippen molar-refractivity contribution in [2.75, 3.05) is 6.54 Å². The van der Waals surface area contributed by atoms with Gasteiger partial charge in [-0.05, 0) is 40.2 Å². The number of hydrogen-bond donors (Lipinski definition) is 1. The van der Waals surface area contributed by atoms with Crippen molar-refractivity contribution in [3.05, 3.63) is 68.9 Å². The monoisotopic (exact) mass is 341 g/mol. The van der Waals surface area contributed by atoms with Crippen LogP contribution in [0, 0.1) is 5.82 Å². The van der Waals surface area contributed by atoms with E-state index in [1.54, 1.807) is 12.1 Å². The summed E-state index contributed by atoms with van der Waals surface area (Å²) in [5.41, 5.74) is 1.47. The zero-order chi connectivity index (χ0) is 13.8. The highest BCUT2D eigenvalue weighted by atomic mass is 79.9. The fourth-order valence-electron chi connectivity index (χ4n) is 2.04. The Labute approximate surface area is 125 Å². The average molecular weight is 343 g/mol. The Hall–Kier alpha value is -0.900. The van der Waals surface area contributed by atoms with Gasteiger partial charge in [0.25, 0.3) is 0 Å². The molecule has 0 aliphatic rings. The van der Waals surface area contributed by atoms with E-state index < -0.39 is 0 Å². The summed E-state index contributed by atoms with van der Waals surface area (Å²) in [6.45, 7) is 2.71. The predicted molar refractivity (Wildman–Crippen MR) is 81.1 cm³/mol. The minimum Gasteiger partial charge on any atom is -0.306 e. The third-order valence-electron chi connectivity index (χ3n) is 2.92. The van der Waals surface area contributed by atoms with Crippen LogP contribution in [0.15, 0.2) is 46.9 Å². The quantitative estimate of drug-likeness (QED) is 0.830. The first-order valence-corrected chi connectivity index (χ1v) is 7.24. The van der Waals surface area contributed by atoms with Crippen LogP contribution in [0.2, 0.25) is 5.02 Å². The maximum absolute atomic E-state index is 14.0. The second kappa shape index (κ2) is 6.51. The van der Waals surface area contributed by atoms with Crippen LogP contribution in [0.25, 0.3) is 0 Å². The molecule has 0 saturated heterocycles. The zero-order valence-electron chi connectivity index (χ0n) is 10.5. The highest BCUT2D eigenvalue weighted by Gasteiger charge is 2.19. The molecule has 0 bridgehead atoms. The van der Waals surface area contributed by atoms with Crippen LogP contribution < -0.4 is 5.32 Å². The van der Waals surface area contributed by atoms with Crippen LogP contribution in [0.5, 0.6) is 0 Å². The molecule has 0 saturated carbocycles. The number of rotatable bonds is 4. The lowest BCUT2D eigenvalue weighted by molar-refractivity contribution is 0.559. The first kappa shape index (κ1) is 14.5. The normalized spacial score (nSPS) is 12.4. The van der Waals surface area contributed by atoms with Crippen molar-refractivity contribution in [2.24, 2.45) is 0 Å². The summed E-state index contributed by atoms with van der Waals surface area (Å²) >= 11 is 9.72. The minimum absolute atomic E-state index is 0.232. The number of nitrogens with one attached hydrogen (secondary N) is 1. The summed E-state index contributed by atoms with van der Waals surface area (Å²) in [7, 11) is 0. The van der Waals surface area contributed by atoms with Crippen molar-refractivity contribution in [3.63, 3.8) is 0 Å². The molecule has 0 fully saturated rings. The lowest BCUT2D eigenvalue weighted by Gasteiger charge is -2.21. The van der Waals surface area contributed by atoms with Gasteiger partial charge in [-0.3, -0.25) is 0 Å². The molecule has 2 aromatic carbocycles. The Bertz CT molecular complexity index is 574. The van der Waals surface area contributed by atoms with Gasteiger partial charge in [0.1, 0.15) is 5.82 Å². The van der Waals surface area contributed by atoms with Gasteiger partial charge < -0.3 is 5.32 Å². The summed E-state index contributed by atoms with van der Waals surface area (Å²) in [4.78, 5) is 0. The van der Waals surface area contributed by atoms with E-state index in [4.69, 9.17) is 11.6 Å². The van der Waals surface area contributed by atoms with E-state index in [0.29, 0.717) is 10.6 Å². The van der Waals surface area contributed by atoms with E-state index in [-0.39, 0.29) is 11.9 Å². The molecule has 2 rings (SSSR count). The molecule has 1 N–H and O–H groups in total. The standard InChI is InChI=1S/C15H14BrClFN/c1-2-19-15(10-6-3-4-9-13(10)18)11-7-5-8-12(16)14(11)17/h3-9,15,19H,2H2,1H3. The summed E-state index contributed by atoms with van der Waals surface area (Å²) in [6.07, 6.45) is 0. The lowest BCUT2D eigenvalue weighted by Crippen LogP contribution is -2.23. The van der Waals surface area contributed by atoms with Gasteiger partial charge in [-0.2, -0.15) is 0 Å². The van der Waals surface area contributed by atoms with Crippen LogP contribution in [-0.2, 0) is 0 Å². The maximum Gasteiger partial charge on any atom is 0.128 e. The van der Waals surface area contributed by atoms with Crippen molar-refractivity contribution in [3.8, 4) is 0 Å². The highest BCUT2D eigenvalue weighted by Crippen LogP contribution is 2.34. The first-order valence-electron chi connectivity index (χ1n) is 6.06. The molecule has 1 nitrogen and oxygen atoms in total. The molecular weight excluding hydrogens is 329 g/mol. The van der Waals surface area contributed by atoms with Gasteiger partial charge >= 0.3 is 0 Å². The average Bonchev–Trinajstić information content (AvgIpc) is 2.41. The molecular formula is C15H14BrClFN. The molecule has 100 valence electrons. The van der Waals surface area contributed by atoms with E-state index in [9.17, 15) is 4.39 Å². The van der Waals surface area contributed by atoms with E-state index in [0.717, 1.165) is 16.6 Å². The second-order valence-corrected chi connectivity index (χ2v) is 5.39. The topological polar surface area (TPSA) is 12.0 Å². The lowest BCUT2D eigenvalue weighted by atomic mass is 9.98. The van der Waals surface area contributed by atoms with Crippen molar-refractivity contribution in [1.29, 1.82) is 0 Å². The van der Waals surface area contributed by atoms with Gasteiger partial charge in [-0.15, -0.1) is 0 Å². The molecule has 0 aliphatic heterocycles. The van der Waals surface area contributed by atoms with Crippen LogP contribution in [0.1, 0.15) is 24.1 Å². The largest absolute Gasteiger partial charge is 0.306 e. The van der Waals surface area contributed by atoms with Gasteiger partial charge in [-0.25, -0.2) is 4.39 Å². The van der Waals surface area contributed by atoms with Gasteiger partial charge in [0.15, 0.2) is 0 Å². The molecule has 0 aliphatic carbocycles. The summed E-state index contributed by atoms with van der Waals surface area (Å²) < 4.78 is 14.8. The molecule has 0 amide bonds. The SMILES string of the molecule is CCNC(c1ccccc1F)c1cccc(Br)c1Cl. The summed E-state index contributed by atoms with van der Waals surface area (Å²) in [5, 5.41) is 3.89. The predicted octanol–water partition coefficient (Wildman–Crippen LogP) is 4.94. The number of benzene rings is 2. The van der Waals surface area contributed by atoms with Crippen molar-refractivity contribution < 1.29 is 4.39 Å². The Morgan fingerprint density at radius 1 is 1.16 bits per heavy atom. The fraction of sp³-hybridized carbons (Fsp3) is 0.200. The van der Waals surface area contributed by atoms with Crippen molar-refractivity contribution in [1.82, 2.24) is 5.32 Å². The van der Waals surface area contributed by atoms with Gasteiger partial charge in [0.05, 0.1) is 11.1 Å². The van der Waals surface area contributed by atoms with Gasteiger partial charge in [0, 0.05) is 10.0 Å². The molecule has 0 heterocycles. The zero-order valence-corrected chi connectivity index (χ0v) is 12.8. The molecule has 1 atom stereocenters. The van der Waals surface area contributed by atoms with Crippen molar-refractivity contribution in [2.45, 2.75) is 13.0 Å². The Kier molecular flexibility index (Phi) is 4.97. The highest BCUT2D eigenvalue weighted by molar-refractivity contribution is 9.10. The Morgan fingerprint density at radius 2 is 1.84 bits per heavy atom. The molecule has 4 heteroatoms. The number of halogens is 3. The van der Waals surface area contributed by atoms with E-state index in [2.05, 4.69) is 21.2 Å². The minimum atomic E-state index is -0.254. The summed E-state index contributed by atoms with van der Waals surface area (Å²) in [5.74, 6) is -0.232. The fourth-order valence-corrected chi connectivity index (χ4v) is 2.66. The van der Waals surface area contributed by atoms with E-state index in [1.165, 1.54) is 6.07 Å². The van der Waals surface area contributed by atoms with E-state index in [1.807, 2.05) is 31.2 Å². The van der Waals surface area contributed by atoms with Crippen LogP contribution in [0.3, 0.4) is 0 Å². The van der Waals surface area contributed by atoms with Crippen LogP contribution in [-0.4, -0.2) is 6.54 Å².